The van der Waals surface area contributed by atoms with Crippen LogP contribution in [-0.2, 0) is 4.79 Å². The van der Waals surface area contributed by atoms with E-state index in [1.807, 2.05) is 6.92 Å². The largest absolute Gasteiger partial charge is 0.387 e. The Morgan fingerprint density at radius 2 is 2.08 bits per heavy atom. The first-order valence-corrected chi connectivity index (χ1v) is 4.75. The molecule has 76 valence electrons. The lowest BCUT2D eigenvalue weighted by atomic mass is 9.70. The maximum Gasteiger partial charge on any atom is 0.167 e. The monoisotopic (exact) mass is 186 g/mol. The molecule has 0 heterocycles. The zero-order valence-electron chi connectivity index (χ0n) is 8.50. The fourth-order valence-electron chi connectivity index (χ4n) is 1.83. The highest BCUT2D eigenvalue weighted by Gasteiger charge is 2.50. The summed E-state index contributed by atoms with van der Waals surface area (Å²) in [5.41, 5.74) is -2.86. The molecule has 0 amide bonds. The Kier molecular flexibility index (Phi) is 2.52. The summed E-state index contributed by atoms with van der Waals surface area (Å²) >= 11 is 0. The average molecular weight is 186 g/mol. The van der Waals surface area contributed by atoms with Crippen molar-refractivity contribution in [3.8, 4) is 0 Å². The van der Waals surface area contributed by atoms with Crippen LogP contribution in [0.5, 0.6) is 0 Å². The van der Waals surface area contributed by atoms with Crippen LogP contribution >= 0.6 is 0 Å². The number of rotatable bonds is 1. The molecule has 1 saturated carbocycles. The van der Waals surface area contributed by atoms with Gasteiger partial charge < -0.3 is 10.2 Å². The number of Topliss-reactive ketones (excluding diaryl/α,β-unsaturated/α-hetero) is 1. The predicted molar refractivity (Wildman–Crippen MR) is 49.3 cm³/mol. The lowest BCUT2D eigenvalue weighted by molar-refractivity contribution is -0.174. The van der Waals surface area contributed by atoms with Crippen molar-refractivity contribution in [3.05, 3.63) is 0 Å². The van der Waals surface area contributed by atoms with Gasteiger partial charge in [-0.3, -0.25) is 4.79 Å². The third-order valence-corrected chi connectivity index (χ3v) is 3.01. The highest BCUT2D eigenvalue weighted by Crippen LogP contribution is 2.36. The Balaban J connectivity index is 2.86. The second-order valence-electron chi connectivity index (χ2n) is 4.69. The summed E-state index contributed by atoms with van der Waals surface area (Å²) in [5.74, 6) is 0.105. The molecule has 3 heteroatoms. The van der Waals surface area contributed by atoms with Crippen molar-refractivity contribution in [3.63, 3.8) is 0 Å². The van der Waals surface area contributed by atoms with Crippen molar-refractivity contribution in [2.45, 2.75) is 51.2 Å². The van der Waals surface area contributed by atoms with Gasteiger partial charge in [0.05, 0.1) is 5.60 Å². The Labute approximate surface area is 78.8 Å². The van der Waals surface area contributed by atoms with Crippen LogP contribution in [0.1, 0.15) is 40.0 Å². The standard InChI is InChI=1S/C10H18O3/c1-7-4-5-10(13,8(11)6-7)9(2,3)12/h7,12-13H,4-6H2,1-3H3. The first-order chi connectivity index (χ1) is 5.77. The van der Waals surface area contributed by atoms with Crippen molar-refractivity contribution >= 4 is 5.78 Å². The summed E-state index contributed by atoms with van der Waals surface area (Å²) in [6.07, 6.45) is 1.54. The third-order valence-electron chi connectivity index (χ3n) is 3.01. The molecule has 0 radical (unpaired) electrons. The molecule has 1 aliphatic carbocycles. The maximum absolute atomic E-state index is 11.6. The van der Waals surface area contributed by atoms with Gasteiger partial charge in [-0.2, -0.15) is 0 Å². The van der Waals surface area contributed by atoms with E-state index in [1.165, 1.54) is 13.8 Å². The van der Waals surface area contributed by atoms with E-state index >= 15 is 0 Å². The van der Waals surface area contributed by atoms with Gasteiger partial charge in [0.2, 0.25) is 0 Å². The molecule has 2 N–H and O–H groups in total. The van der Waals surface area contributed by atoms with Gasteiger partial charge in [0.25, 0.3) is 0 Å². The van der Waals surface area contributed by atoms with E-state index < -0.39 is 11.2 Å². The van der Waals surface area contributed by atoms with Gasteiger partial charge in [0.15, 0.2) is 11.4 Å². The summed E-state index contributed by atoms with van der Waals surface area (Å²) in [4.78, 5) is 11.6. The van der Waals surface area contributed by atoms with Crippen LogP contribution in [0.3, 0.4) is 0 Å². The minimum absolute atomic E-state index is 0.223. The quantitative estimate of drug-likeness (QED) is 0.639. The molecule has 0 aromatic heterocycles. The van der Waals surface area contributed by atoms with E-state index in [1.54, 1.807) is 0 Å². The molecule has 1 rings (SSSR count). The van der Waals surface area contributed by atoms with E-state index in [0.717, 1.165) is 6.42 Å². The van der Waals surface area contributed by atoms with Gasteiger partial charge in [-0.05, 0) is 32.6 Å². The number of hydrogen-bond donors (Lipinski definition) is 2. The first-order valence-electron chi connectivity index (χ1n) is 4.75. The lowest BCUT2D eigenvalue weighted by Gasteiger charge is -2.41. The number of carbonyl (C=O) groups excluding carboxylic acids is 1. The molecular formula is C10H18O3. The van der Waals surface area contributed by atoms with E-state index in [4.69, 9.17) is 0 Å². The first kappa shape index (κ1) is 10.7. The van der Waals surface area contributed by atoms with Crippen LogP contribution in [0.15, 0.2) is 0 Å². The van der Waals surface area contributed by atoms with Gasteiger partial charge in [-0.15, -0.1) is 0 Å². The fourth-order valence-corrected chi connectivity index (χ4v) is 1.83. The number of aliphatic hydroxyl groups is 2. The van der Waals surface area contributed by atoms with Crippen LogP contribution in [0.4, 0.5) is 0 Å². The summed E-state index contributed by atoms with van der Waals surface area (Å²) in [6, 6.07) is 0. The van der Waals surface area contributed by atoms with Crippen LogP contribution < -0.4 is 0 Å². The molecule has 0 aromatic rings. The molecule has 0 aliphatic heterocycles. The van der Waals surface area contributed by atoms with Gasteiger partial charge in [0.1, 0.15) is 0 Å². The van der Waals surface area contributed by atoms with Gasteiger partial charge in [-0.25, -0.2) is 0 Å². The molecule has 0 bridgehead atoms. The van der Waals surface area contributed by atoms with Crippen LogP contribution in [0, 0.1) is 5.92 Å². The number of hydrogen-bond acceptors (Lipinski definition) is 3. The summed E-state index contributed by atoms with van der Waals surface area (Å²) in [7, 11) is 0. The zero-order chi connectivity index (χ0) is 10.3. The van der Waals surface area contributed by atoms with E-state index in [2.05, 4.69) is 0 Å². The Hall–Kier alpha value is -0.410. The molecule has 0 spiro atoms. The topological polar surface area (TPSA) is 57.5 Å². The summed E-state index contributed by atoms with van der Waals surface area (Å²) in [6.45, 7) is 4.96. The molecule has 3 nitrogen and oxygen atoms in total. The molecule has 1 aliphatic rings. The van der Waals surface area contributed by atoms with Gasteiger partial charge >= 0.3 is 0 Å². The van der Waals surface area contributed by atoms with Crippen molar-refractivity contribution < 1.29 is 15.0 Å². The van der Waals surface area contributed by atoms with Crippen molar-refractivity contribution in [2.24, 2.45) is 5.92 Å². The summed E-state index contributed by atoms with van der Waals surface area (Å²) < 4.78 is 0. The molecule has 13 heavy (non-hydrogen) atoms. The van der Waals surface area contributed by atoms with Crippen molar-refractivity contribution in [1.29, 1.82) is 0 Å². The smallest absolute Gasteiger partial charge is 0.167 e. The Morgan fingerprint density at radius 1 is 1.54 bits per heavy atom. The van der Waals surface area contributed by atoms with E-state index in [9.17, 15) is 15.0 Å². The minimum Gasteiger partial charge on any atom is -0.387 e. The minimum atomic E-state index is -1.53. The molecule has 1 fully saturated rings. The fraction of sp³-hybridized carbons (Fsp3) is 0.900. The van der Waals surface area contributed by atoms with Crippen LogP contribution in [-0.4, -0.2) is 27.2 Å². The van der Waals surface area contributed by atoms with Crippen molar-refractivity contribution in [2.75, 3.05) is 0 Å². The SMILES string of the molecule is CC1CCC(O)(C(C)(C)O)C(=O)C1. The molecule has 2 unspecified atom stereocenters. The Bertz CT molecular complexity index is 217. The van der Waals surface area contributed by atoms with Gasteiger partial charge in [0, 0.05) is 6.42 Å². The van der Waals surface area contributed by atoms with E-state index in [-0.39, 0.29) is 5.78 Å². The maximum atomic E-state index is 11.6. The molecule has 2 atom stereocenters. The number of carbonyl (C=O) groups is 1. The third kappa shape index (κ3) is 1.76. The normalized spacial score (nSPS) is 36.4. The molecule has 0 aromatic carbocycles. The zero-order valence-corrected chi connectivity index (χ0v) is 8.50. The van der Waals surface area contributed by atoms with Crippen LogP contribution in [0.25, 0.3) is 0 Å². The molecular weight excluding hydrogens is 168 g/mol. The summed E-state index contributed by atoms with van der Waals surface area (Å²) in [5, 5.41) is 19.7. The lowest BCUT2D eigenvalue weighted by Crippen LogP contribution is -2.58. The average Bonchev–Trinajstić information content (AvgIpc) is 1.95. The second kappa shape index (κ2) is 3.07. The highest BCUT2D eigenvalue weighted by atomic mass is 16.4. The number of ketones is 1. The van der Waals surface area contributed by atoms with E-state index in [0.29, 0.717) is 18.8 Å². The predicted octanol–water partition coefficient (Wildman–Crippen LogP) is 0.877. The van der Waals surface area contributed by atoms with Crippen LogP contribution in [0.2, 0.25) is 0 Å². The van der Waals surface area contributed by atoms with Crippen molar-refractivity contribution in [1.82, 2.24) is 0 Å². The highest BCUT2D eigenvalue weighted by molar-refractivity contribution is 5.89. The second-order valence-corrected chi connectivity index (χ2v) is 4.69. The van der Waals surface area contributed by atoms with Gasteiger partial charge in [-0.1, -0.05) is 6.92 Å². The Morgan fingerprint density at radius 3 is 2.46 bits per heavy atom. The molecule has 0 saturated heterocycles.